The van der Waals surface area contributed by atoms with Gasteiger partial charge in [-0.1, -0.05) is 78.8 Å². The van der Waals surface area contributed by atoms with Crippen molar-refractivity contribution in [2.24, 2.45) is 5.92 Å². The van der Waals surface area contributed by atoms with Gasteiger partial charge < -0.3 is 24.4 Å². The minimum absolute atomic E-state index is 0.0588. The molecule has 0 unspecified atom stereocenters. The molecule has 2 heterocycles. The van der Waals surface area contributed by atoms with Gasteiger partial charge in [-0.3, -0.25) is 19.3 Å². The van der Waals surface area contributed by atoms with Crippen molar-refractivity contribution in [3.63, 3.8) is 0 Å². The van der Waals surface area contributed by atoms with Crippen LogP contribution in [-0.2, 0) is 31.3 Å². The molecular formula is C42H53N3O6Si. The number of anilines is 3. The van der Waals surface area contributed by atoms with Crippen molar-refractivity contribution in [2.75, 3.05) is 29.5 Å². The molecule has 52 heavy (non-hydrogen) atoms. The molecule has 0 radical (unpaired) electrons. The summed E-state index contributed by atoms with van der Waals surface area (Å²) in [5.41, 5.74) is 3.94. The van der Waals surface area contributed by atoms with Gasteiger partial charge in [0, 0.05) is 48.0 Å². The second-order valence-corrected chi connectivity index (χ2v) is 18.9. The number of amides is 3. The van der Waals surface area contributed by atoms with Crippen molar-refractivity contribution in [3.05, 3.63) is 113 Å². The largest absolute Gasteiger partial charge is 0.432 e. The highest BCUT2D eigenvalue weighted by atomic mass is 28.4. The number of ether oxygens (including phenoxy) is 1. The van der Waals surface area contributed by atoms with Crippen LogP contribution >= 0.6 is 0 Å². The van der Waals surface area contributed by atoms with Crippen molar-refractivity contribution in [1.82, 2.24) is 4.90 Å². The fourth-order valence-electron chi connectivity index (χ4n) is 7.91. The lowest BCUT2D eigenvalue weighted by atomic mass is 9.82. The van der Waals surface area contributed by atoms with E-state index < -0.39 is 31.5 Å². The minimum atomic E-state index is -3.07. The molecule has 2 aliphatic heterocycles. The third kappa shape index (κ3) is 8.15. The van der Waals surface area contributed by atoms with Crippen LogP contribution in [0.2, 0.25) is 18.6 Å². The Bertz CT molecular complexity index is 1790. The Morgan fingerprint density at radius 1 is 0.981 bits per heavy atom. The van der Waals surface area contributed by atoms with Gasteiger partial charge in [0.15, 0.2) is 13.9 Å². The molecule has 1 saturated heterocycles. The summed E-state index contributed by atoms with van der Waals surface area (Å²) in [5.74, 6) is -0.960. The highest BCUT2D eigenvalue weighted by molar-refractivity contribution is 6.71. The van der Waals surface area contributed by atoms with E-state index in [1.54, 1.807) is 9.80 Å². The van der Waals surface area contributed by atoms with E-state index in [4.69, 9.17) is 4.74 Å². The number of aliphatic hydroxyl groups excluding tert-OH is 1. The molecule has 10 heteroatoms. The number of hydrogen-bond donors (Lipinski definition) is 2. The number of benzene rings is 3. The van der Waals surface area contributed by atoms with Crippen LogP contribution in [0.1, 0.15) is 58.1 Å². The van der Waals surface area contributed by atoms with Crippen LogP contribution in [0.15, 0.2) is 102 Å². The second kappa shape index (κ2) is 16.5. The highest BCUT2D eigenvalue weighted by Crippen LogP contribution is 2.60. The first-order chi connectivity index (χ1) is 24.8. The van der Waals surface area contributed by atoms with E-state index in [1.807, 2.05) is 98.9 Å². The molecule has 0 bridgehead atoms. The third-order valence-electron chi connectivity index (χ3n) is 10.4. The fourth-order valence-corrected chi connectivity index (χ4v) is 10.5. The third-order valence-corrected chi connectivity index (χ3v) is 12.9. The van der Waals surface area contributed by atoms with Gasteiger partial charge in [-0.15, -0.1) is 0 Å². The van der Waals surface area contributed by atoms with Gasteiger partial charge in [0.1, 0.15) is 0 Å². The predicted molar refractivity (Wildman–Crippen MR) is 209 cm³/mol. The molecule has 276 valence electrons. The van der Waals surface area contributed by atoms with Crippen LogP contribution in [0, 0.1) is 5.92 Å². The quantitative estimate of drug-likeness (QED) is 0.0973. The summed E-state index contributed by atoms with van der Waals surface area (Å²) in [6.45, 7) is 12.4. The molecule has 3 aromatic carbocycles. The monoisotopic (exact) mass is 723 g/mol. The lowest BCUT2D eigenvalue weighted by Crippen LogP contribution is -2.46. The fraction of sp³-hybridized carbons (Fsp3) is 0.405. The normalized spacial score (nSPS) is 21.3. The molecule has 9 nitrogen and oxygen atoms in total. The number of aliphatic hydroxyl groups is 1. The van der Waals surface area contributed by atoms with E-state index in [9.17, 15) is 24.3 Å². The number of fused-ring (bicyclic) bond motifs is 2. The Hall–Kier alpha value is -4.35. The second-order valence-electron chi connectivity index (χ2n) is 14.9. The van der Waals surface area contributed by atoms with Gasteiger partial charge in [0.05, 0.1) is 24.8 Å². The number of para-hydroxylation sites is 1. The van der Waals surface area contributed by atoms with Gasteiger partial charge in [0.2, 0.25) is 12.3 Å². The number of hydrogen-bond acceptors (Lipinski definition) is 6. The molecule has 1 spiro atoms. The van der Waals surface area contributed by atoms with Crippen molar-refractivity contribution < 1.29 is 29.0 Å². The van der Waals surface area contributed by atoms with E-state index in [2.05, 4.69) is 32.9 Å². The van der Waals surface area contributed by atoms with Crippen LogP contribution in [0.25, 0.3) is 0 Å². The molecule has 3 aromatic rings. The molecule has 1 fully saturated rings. The van der Waals surface area contributed by atoms with Crippen molar-refractivity contribution >= 4 is 43.6 Å². The Morgan fingerprint density at radius 3 is 2.27 bits per heavy atom. The summed E-state index contributed by atoms with van der Waals surface area (Å²) in [5, 5.41) is 9.88. The minimum Gasteiger partial charge on any atom is -0.432 e. The average molecular weight is 724 g/mol. The van der Waals surface area contributed by atoms with Crippen LogP contribution < -0.4 is 9.80 Å². The van der Waals surface area contributed by atoms with Gasteiger partial charge >= 0.3 is 0 Å². The maximum Gasteiger partial charge on any atom is 0.264 e. The first kappa shape index (κ1) is 38.9. The SMILES string of the molecule is CC(C)=CCC/C(C)=C/CN1C(=O)[C@]2(O[C@H](CC(=O)N(CCO)Cc3ccccc3)[C@@H]([Si](C)(C)O)[C@@H]2C)c2cc(N(C=O)c3ccccc3)ccc21. The predicted octanol–water partition coefficient (Wildman–Crippen LogP) is 7.23. The number of nitrogens with zero attached hydrogens (tertiary/aromatic N) is 3. The van der Waals surface area contributed by atoms with Crippen LogP contribution in [0.3, 0.4) is 0 Å². The van der Waals surface area contributed by atoms with E-state index in [0.717, 1.165) is 30.4 Å². The molecule has 0 aliphatic carbocycles. The van der Waals surface area contributed by atoms with Gasteiger partial charge in [-0.05, 0) is 82.6 Å². The molecule has 5 rings (SSSR count). The first-order valence-electron chi connectivity index (χ1n) is 18.2. The number of carbonyl (C=O) groups excluding carboxylic acids is 3. The Morgan fingerprint density at radius 2 is 1.65 bits per heavy atom. The van der Waals surface area contributed by atoms with Gasteiger partial charge in [-0.2, -0.15) is 0 Å². The lowest BCUT2D eigenvalue weighted by molar-refractivity contribution is -0.149. The van der Waals surface area contributed by atoms with Crippen molar-refractivity contribution in [3.8, 4) is 0 Å². The van der Waals surface area contributed by atoms with Crippen molar-refractivity contribution in [2.45, 2.75) is 83.8 Å². The number of carbonyl (C=O) groups is 3. The average Bonchev–Trinajstić information content (AvgIpc) is 3.53. The van der Waals surface area contributed by atoms with Gasteiger partial charge in [-0.25, -0.2) is 0 Å². The van der Waals surface area contributed by atoms with Crippen LogP contribution in [-0.4, -0.2) is 67.1 Å². The molecule has 2 aliphatic rings. The molecule has 2 N–H and O–H groups in total. The summed E-state index contributed by atoms with van der Waals surface area (Å²) in [6, 6.07) is 24.5. The smallest absolute Gasteiger partial charge is 0.264 e. The summed E-state index contributed by atoms with van der Waals surface area (Å²) in [6.07, 6.45) is 6.00. The molecule has 4 atom stereocenters. The molecule has 0 aromatic heterocycles. The highest BCUT2D eigenvalue weighted by Gasteiger charge is 2.66. The first-order valence-corrected chi connectivity index (χ1v) is 21.2. The molecular weight excluding hydrogens is 671 g/mol. The number of allylic oxidation sites excluding steroid dienone is 3. The van der Waals surface area contributed by atoms with E-state index in [1.165, 1.54) is 10.5 Å². The lowest BCUT2D eigenvalue weighted by Gasteiger charge is -2.33. The van der Waals surface area contributed by atoms with E-state index >= 15 is 0 Å². The zero-order valence-corrected chi connectivity index (χ0v) is 32.3. The maximum absolute atomic E-state index is 15.0. The molecule has 0 saturated carbocycles. The summed E-state index contributed by atoms with van der Waals surface area (Å²) in [7, 11) is -3.07. The summed E-state index contributed by atoms with van der Waals surface area (Å²) >= 11 is 0. The Balaban J connectivity index is 1.56. The zero-order chi connectivity index (χ0) is 37.6. The Labute approximate surface area is 309 Å². The van der Waals surface area contributed by atoms with Crippen LogP contribution in [0.4, 0.5) is 17.1 Å². The summed E-state index contributed by atoms with van der Waals surface area (Å²) in [4.78, 5) is 58.3. The topological polar surface area (TPSA) is 111 Å². The molecule has 3 amide bonds. The zero-order valence-electron chi connectivity index (χ0n) is 31.3. The number of rotatable bonds is 15. The summed E-state index contributed by atoms with van der Waals surface area (Å²) < 4.78 is 6.99. The Kier molecular flexibility index (Phi) is 12.4. The standard InChI is InChI=1S/C42H53N3O6Si/c1-30(2)14-13-15-31(3)22-23-44-37-21-20-35(45(29-47)34-18-11-8-12-19-34)26-36(37)42(41(44)49)32(4)40(52(5,6)50)38(51-42)27-39(48)43(24-25-46)28-33-16-9-7-10-17-33/h7-12,14,16-22,26,29,32,38,40,46,50H,13,15,23-25,27-28H2,1-6H3/b31-22+/t32-,38+,40-,42+/m0/s1. The van der Waals surface area contributed by atoms with E-state index in [-0.39, 0.29) is 31.4 Å². The maximum atomic E-state index is 15.0. The van der Waals surface area contributed by atoms with Crippen molar-refractivity contribution in [1.29, 1.82) is 0 Å². The van der Waals surface area contributed by atoms with Crippen LogP contribution in [0.5, 0.6) is 0 Å². The van der Waals surface area contributed by atoms with E-state index in [0.29, 0.717) is 35.7 Å². The van der Waals surface area contributed by atoms with Gasteiger partial charge in [0.25, 0.3) is 5.91 Å².